The molecule has 1 aromatic carbocycles. The molecule has 0 unspecified atom stereocenters. The van der Waals surface area contributed by atoms with Crippen LogP contribution in [0.5, 0.6) is 0 Å². The summed E-state index contributed by atoms with van der Waals surface area (Å²) < 4.78 is 5.19. The molecule has 0 radical (unpaired) electrons. The van der Waals surface area contributed by atoms with Gasteiger partial charge in [-0.05, 0) is 38.0 Å². The predicted octanol–water partition coefficient (Wildman–Crippen LogP) is 3.93. The quantitative estimate of drug-likeness (QED) is 0.641. The fraction of sp³-hybridized carbons (Fsp3) is 0.300. The molecule has 0 atom stereocenters. The molecule has 130 valence electrons. The van der Waals surface area contributed by atoms with E-state index in [0.29, 0.717) is 12.3 Å². The van der Waals surface area contributed by atoms with Gasteiger partial charge in [0.2, 0.25) is 0 Å². The molecule has 5 heteroatoms. The molecule has 1 amide bonds. The van der Waals surface area contributed by atoms with Crippen LogP contribution in [0.2, 0.25) is 0 Å². The molecule has 2 heterocycles. The van der Waals surface area contributed by atoms with Crippen LogP contribution in [0, 0.1) is 6.92 Å². The molecule has 3 rings (SSSR count). The van der Waals surface area contributed by atoms with E-state index < -0.39 is 0 Å². The summed E-state index contributed by atoms with van der Waals surface area (Å²) in [6.45, 7) is 5.33. The van der Waals surface area contributed by atoms with Gasteiger partial charge < -0.3 is 15.1 Å². The van der Waals surface area contributed by atoms with Gasteiger partial charge in [-0.2, -0.15) is 0 Å². The molecule has 0 aliphatic carbocycles. The Kier molecular flexibility index (Phi) is 5.33. The minimum atomic E-state index is -0.162. The van der Waals surface area contributed by atoms with Gasteiger partial charge in [-0.3, -0.25) is 9.78 Å². The zero-order valence-corrected chi connectivity index (χ0v) is 14.6. The number of carbonyl (C=O) groups is 1. The van der Waals surface area contributed by atoms with Crippen molar-refractivity contribution in [2.24, 2.45) is 0 Å². The summed E-state index contributed by atoms with van der Waals surface area (Å²) in [5, 5.41) is 7.47. The molecule has 0 aliphatic rings. The van der Waals surface area contributed by atoms with Gasteiger partial charge in [-0.1, -0.05) is 25.1 Å². The first-order valence-corrected chi connectivity index (χ1v) is 8.64. The van der Waals surface area contributed by atoms with Crippen LogP contribution in [-0.4, -0.2) is 24.0 Å². The number of fused-ring (bicyclic) bond motifs is 1. The van der Waals surface area contributed by atoms with Crippen molar-refractivity contribution < 1.29 is 9.21 Å². The summed E-state index contributed by atoms with van der Waals surface area (Å²) in [6.07, 6.45) is 3.26. The number of hydrogen-bond acceptors (Lipinski definition) is 4. The van der Waals surface area contributed by atoms with Crippen molar-refractivity contribution in [3.8, 4) is 0 Å². The standard InChI is InChI=1S/C20H23N3O2/c1-3-15-13-18(16-7-4-5-8-17(16)23-15)21-10-6-11-22-20(24)19-14(2)9-12-25-19/h4-5,7-9,12-13H,3,6,10-11H2,1-2H3,(H,21,23)(H,22,24). The first-order valence-electron chi connectivity index (χ1n) is 8.64. The average Bonchev–Trinajstić information content (AvgIpc) is 3.07. The van der Waals surface area contributed by atoms with Gasteiger partial charge in [0.1, 0.15) is 0 Å². The van der Waals surface area contributed by atoms with Crippen molar-refractivity contribution in [2.45, 2.75) is 26.7 Å². The summed E-state index contributed by atoms with van der Waals surface area (Å²) in [7, 11) is 0. The zero-order chi connectivity index (χ0) is 17.6. The number of amides is 1. The number of nitrogens with zero attached hydrogens (tertiary/aromatic N) is 1. The van der Waals surface area contributed by atoms with Crippen LogP contribution in [0.1, 0.15) is 35.2 Å². The Morgan fingerprint density at radius 1 is 1.20 bits per heavy atom. The first kappa shape index (κ1) is 17.0. The van der Waals surface area contributed by atoms with E-state index in [2.05, 4.69) is 34.7 Å². The van der Waals surface area contributed by atoms with E-state index in [-0.39, 0.29) is 5.91 Å². The largest absolute Gasteiger partial charge is 0.459 e. The summed E-state index contributed by atoms with van der Waals surface area (Å²) in [4.78, 5) is 16.6. The van der Waals surface area contributed by atoms with Crippen molar-refractivity contribution in [1.82, 2.24) is 10.3 Å². The van der Waals surface area contributed by atoms with Crippen LogP contribution >= 0.6 is 0 Å². The van der Waals surface area contributed by atoms with Gasteiger partial charge in [0.05, 0.1) is 11.8 Å². The second kappa shape index (κ2) is 7.83. The Morgan fingerprint density at radius 2 is 2.04 bits per heavy atom. The fourth-order valence-electron chi connectivity index (χ4n) is 2.76. The minimum absolute atomic E-state index is 0.162. The molecule has 2 N–H and O–H groups in total. The molecule has 0 spiro atoms. The van der Waals surface area contributed by atoms with Crippen LogP contribution in [-0.2, 0) is 6.42 Å². The minimum Gasteiger partial charge on any atom is -0.459 e. The summed E-state index contributed by atoms with van der Waals surface area (Å²) in [5.41, 5.74) is 4.02. The maximum atomic E-state index is 12.0. The molecule has 0 saturated carbocycles. The lowest BCUT2D eigenvalue weighted by Gasteiger charge is -2.11. The van der Waals surface area contributed by atoms with Crippen LogP contribution in [0.25, 0.3) is 10.9 Å². The second-order valence-electron chi connectivity index (χ2n) is 6.00. The summed E-state index contributed by atoms with van der Waals surface area (Å²) in [6, 6.07) is 12.0. The number of pyridine rings is 1. The lowest BCUT2D eigenvalue weighted by Crippen LogP contribution is -2.26. The van der Waals surface area contributed by atoms with Gasteiger partial charge in [0.25, 0.3) is 5.91 Å². The molecule has 25 heavy (non-hydrogen) atoms. The molecule has 0 bridgehead atoms. The number of rotatable bonds is 7. The van der Waals surface area contributed by atoms with Crippen molar-refractivity contribution >= 4 is 22.5 Å². The van der Waals surface area contributed by atoms with Gasteiger partial charge in [-0.15, -0.1) is 0 Å². The highest BCUT2D eigenvalue weighted by Gasteiger charge is 2.11. The van der Waals surface area contributed by atoms with Crippen molar-refractivity contribution in [2.75, 3.05) is 18.4 Å². The van der Waals surface area contributed by atoms with E-state index in [4.69, 9.17) is 4.42 Å². The number of nitrogens with one attached hydrogen (secondary N) is 2. The monoisotopic (exact) mass is 337 g/mol. The van der Waals surface area contributed by atoms with E-state index in [9.17, 15) is 4.79 Å². The van der Waals surface area contributed by atoms with Crippen molar-refractivity contribution in [1.29, 1.82) is 0 Å². The normalized spacial score (nSPS) is 10.8. The van der Waals surface area contributed by atoms with E-state index in [1.165, 1.54) is 6.26 Å². The Labute approximate surface area is 147 Å². The molecule has 5 nitrogen and oxygen atoms in total. The van der Waals surface area contributed by atoms with E-state index in [1.807, 2.05) is 25.1 Å². The third kappa shape index (κ3) is 3.99. The number of hydrogen-bond donors (Lipinski definition) is 2. The molecular weight excluding hydrogens is 314 g/mol. The maximum Gasteiger partial charge on any atom is 0.287 e. The second-order valence-corrected chi connectivity index (χ2v) is 6.00. The first-order chi connectivity index (χ1) is 12.2. The Morgan fingerprint density at radius 3 is 2.80 bits per heavy atom. The molecule has 2 aromatic heterocycles. The highest BCUT2D eigenvalue weighted by atomic mass is 16.3. The van der Waals surface area contributed by atoms with Gasteiger partial charge in [-0.25, -0.2) is 0 Å². The third-order valence-corrected chi connectivity index (χ3v) is 4.15. The molecule has 0 saturated heterocycles. The predicted molar refractivity (Wildman–Crippen MR) is 100 cm³/mol. The van der Waals surface area contributed by atoms with Crippen LogP contribution in [0.4, 0.5) is 5.69 Å². The SMILES string of the molecule is CCc1cc(NCCCNC(=O)c2occc2C)c2ccccc2n1. The summed E-state index contributed by atoms with van der Waals surface area (Å²) in [5.74, 6) is 0.228. The number of benzene rings is 1. The zero-order valence-electron chi connectivity index (χ0n) is 14.6. The van der Waals surface area contributed by atoms with E-state index in [0.717, 1.165) is 47.2 Å². The number of furan rings is 1. The lowest BCUT2D eigenvalue weighted by atomic mass is 10.1. The van der Waals surface area contributed by atoms with Crippen LogP contribution in [0.15, 0.2) is 47.1 Å². The lowest BCUT2D eigenvalue weighted by molar-refractivity contribution is 0.0925. The van der Waals surface area contributed by atoms with Gasteiger partial charge >= 0.3 is 0 Å². The topological polar surface area (TPSA) is 67.2 Å². The molecular formula is C20H23N3O2. The highest BCUT2D eigenvalue weighted by molar-refractivity contribution is 5.93. The number of carbonyl (C=O) groups excluding carboxylic acids is 1. The highest BCUT2D eigenvalue weighted by Crippen LogP contribution is 2.23. The third-order valence-electron chi connectivity index (χ3n) is 4.15. The maximum absolute atomic E-state index is 12.0. The molecule has 3 aromatic rings. The molecule has 0 aliphatic heterocycles. The van der Waals surface area contributed by atoms with Gasteiger partial charge in [0.15, 0.2) is 5.76 Å². The number of aryl methyl sites for hydroxylation is 2. The Balaban J connectivity index is 1.55. The Bertz CT molecular complexity index is 870. The number of para-hydroxylation sites is 1. The smallest absolute Gasteiger partial charge is 0.287 e. The van der Waals surface area contributed by atoms with E-state index in [1.54, 1.807) is 6.07 Å². The van der Waals surface area contributed by atoms with Gasteiger partial charge in [0, 0.05) is 35.4 Å². The van der Waals surface area contributed by atoms with Crippen molar-refractivity contribution in [3.63, 3.8) is 0 Å². The van der Waals surface area contributed by atoms with Crippen molar-refractivity contribution in [3.05, 3.63) is 59.7 Å². The van der Waals surface area contributed by atoms with Crippen LogP contribution in [0.3, 0.4) is 0 Å². The van der Waals surface area contributed by atoms with Crippen LogP contribution < -0.4 is 10.6 Å². The summed E-state index contributed by atoms with van der Waals surface area (Å²) >= 11 is 0. The fourth-order valence-corrected chi connectivity index (χ4v) is 2.76. The number of anilines is 1. The van der Waals surface area contributed by atoms with E-state index >= 15 is 0 Å². The molecule has 0 fully saturated rings. The average molecular weight is 337 g/mol. The Hall–Kier alpha value is -2.82. The number of aromatic nitrogens is 1.